The van der Waals surface area contributed by atoms with Crippen molar-refractivity contribution < 1.29 is 18.0 Å². The molecule has 0 bridgehead atoms. The first-order chi connectivity index (χ1) is 19.2. The molecule has 40 heavy (non-hydrogen) atoms. The molecule has 0 radical (unpaired) electrons. The molecule has 0 atom stereocenters. The Bertz CT molecular complexity index is 1700. The molecular weight excluding hydrogens is 519 g/mol. The van der Waals surface area contributed by atoms with E-state index in [0.29, 0.717) is 23.5 Å². The lowest BCUT2D eigenvalue weighted by Crippen LogP contribution is -2.20. The lowest BCUT2D eigenvalue weighted by Gasteiger charge is -2.18. The van der Waals surface area contributed by atoms with Crippen molar-refractivity contribution in [1.82, 2.24) is 29.9 Å². The van der Waals surface area contributed by atoms with Crippen molar-refractivity contribution in [2.24, 2.45) is 0 Å². The maximum absolute atomic E-state index is 13.6. The van der Waals surface area contributed by atoms with E-state index in [9.17, 15) is 18.0 Å². The number of halogens is 3. The second kappa shape index (κ2) is 10.2. The summed E-state index contributed by atoms with van der Waals surface area (Å²) in [4.78, 5) is 22.8. The summed E-state index contributed by atoms with van der Waals surface area (Å²) in [7, 11) is 0. The van der Waals surface area contributed by atoms with E-state index < -0.39 is 17.6 Å². The van der Waals surface area contributed by atoms with E-state index >= 15 is 0 Å². The Balaban J connectivity index is 1.26. The quantitative estimate of drug-likeness (QED) is 0.274. The molecule has 0 unspecified atom stereocenters. The second-order valence-electron chi connectivity index (χ2n) is 10.0. The standard InChI is InChI=1S/C29H26F3N7O/c1-18-4-5-21(13-26(18)39-17-25(36-37-39)22-12-20-6-7-33-27(20)34-15-22)28(40)35-24-11-19(16-38-8-2-3-9-38)10-23(14-24)29(30,31)32/h4-7,10-15,17H,2-3,8-9,16H2,1H3,(H,33,34)(H,35,40). The van der Waals surface area contributed by atoms with Gasteiger partial charge < -0.3 is 10.3 Å². The second-order valence-corrected chi connectivity index (χ2v) is 10.0. The molecular formula is C29H26F3N7O. The topological polar surface area (TPSA) is 91.7 Å². The van der Waals surface area contributed by atoms with E-state index in [1.807, 2.05) is 25.3 Å². The maximum Gasteiger partial charge on any atom is 0.416 e. The predicted molar refractivity (Wildman–Crippen MR) is 145 cm³/mol. The molecule has 2 N–H and O–H groups in total. The number of hydrogen-bond donors (Lipinski definition) is 2. The number of rotatable bonds is 6. The van der Waals surface area contributed by atoms with Gasteiger partial charge in [-0.25, -0.2) is 9.67 Å². The SMILES string of the molecule is Cc1ccc(C(=O)Nc2cc(CN3CCCC3)cc(C(F)(F)F)c2)cc1-n1cc(-c2cnc3[nH]ccc3c2)nn1. The Morgan fingerprint density at radius 1 is 1.07 bits per heavy atom. The van der Waals surface area contributed by atoms with Crippen molar-refractivity contribution in [2.75, 3.05) is 18.4 Å². The van der Waals surface area contributed by atoms with E-state index in [1.165, 1.54) is 0 Å². The number of benzene rings is 2. The third-order valence-electron chi connectivity index (χ3n) is 7.09. The van der Waals surface area contributed by atoms with Gasteiger partial charge in [-0.05, 0) is 86.4 Å². The molecule has 6 rings (SSSR count). The van der Waals surface area contributed by atoms with Gasteiger partial charge in [-0.3, -0.25) is 9.69 Å². The van der Waals surface area contributed by atoms with Crippen molar-refractivity contribution in [3.8, 4) is 16.9 Å². The minimum Gasteiger partial charge on any atom is -0.346 e. The highest BCUT2D eigenvalue weighted by atomic mass is 19.4. The highest BCUT2D eigenvalue weighted by Gasteiger charge is 2.31. The van der Waals surface area contributed by atoms with Crippen LogP contribution in [-0.4, -0.2) is 48.9 Å². The first-order valence-corrected chi connectivity index (χ1v) is 12.9. The van der Waals surface area contributed by atoms with Gasteiger partial charge in [0.1, 0.15) is 11.3 Å². The van der Waals surface area contributed by atoms with Crippen LogP contribution in [0.2, 0.25) is 0 Å². The monoisotopic (exact) mass is 545 g/mol. The van der Waals surface area contributed by atoms with Gasteiger partial charge in [0.15, 0.2) is 0 Å². The first-order valence-electron chi connectivity index (χ1n) is 12.9. The Kier molecular flexibility index (Phi) is 6.59. The normalized spacial score (nSPS) is 14.2. The largest absolute Gasteiger partial charge is 0.416 e. The van der Waals surface area contributed by atoms with Gasteiger partial charge in [-0.1, -0.05) is 11.3 Å². The first kappa shape index (κ1) is 25.8. The number of fused-ring (bicyclic) bond motifs is 1. The minimum absolute atomic E-state index is 0.104. The van der Waals surface area contributed by atoms with Crippen LogP contribution in [0.1, 0.15) is 39.9 Å². The van der Waals surface area contributed by atoms with Crippen LogP contribution < -0.4 is 5.32 Å². The summed E-state index contributed by atoms with van der Waals surface area (Å²) in [5, 5.41) is 12.1. The van der Waals surface area contributed by atoms with Crippen LogP contribution in [-0.2, 0) is 12.7 Å². The van der Waals surface area contributed by atoms with E-state index in [-0.39, 0.29) is 11.3 Å². The summed E-state index contributed by atoms with van der Waals surface area (Å²) in [5.74, 6) is -0.518. The molecule has 0 saturated carbocycles. The molecule has 0 aliphatic carbocycles. The molecule has 1 aliphatic rings. The lowest BCUT2D eigenvalue weighted by atomic mass is 10.1. The van der Waals surface area contributed by atoms with E-state index in [2.05, 4.69) is 30.5 Å². The molecule has 204 valence electrons. The van der Waals surface area contributed by atoms with Crippen LogP contribution in [0.4, 0.5) is 18.9 Å². The van der Waals surface area contributed by atoms with Gasteiger partial charge in [-0.2, -0.15) is 13.2 Å². The van der Waals surface area contributed by atoms with E-state index in [0.717, 1.165) is 60.2 Å². The zero-order valence-electron chi connectivity index (χ0n) is 21.7. The fourth-order valence-electron chi connectivity index (χ4n) is 5.01. The summed E-state index contributed by atoms with van der Waals surface area (Å²) in [6.45, 7) is 3.99. The number of alkyl halides is 3. The number of anilines is 1. The molecule has 5 aromatic rings. The number of H-pyrrole nitrogens is 1. The zero-order chi connectivity index (χ0) is 27.9. The summed E-state index contributed by atoms with van der Waals surface area (Å²) < 4.78 is 42.5. The molecule has 1 amide bonds. The van der Waals surface area contributed by atoms with Crippen molar-refractivity contribution >= 4 is 22.6 Å². The molecule has 2 aromatic carbocycles. The van der Waals surface area contributed by atoms with Gasteiger partial charge >= 0.3 is 6.18 Å². The number of pyridine rings is 1. The number of nitrogens with one attached hydrogen (secondary N) is 2. The fourth-order valence-corrected chi connectivity index (χ4v) is 5.01. The van der Waals surface area contributed by atoms with Crippen LogP contribution in [0.25, 0.3) is 28.0 Å². The molecule has 4 heterocycles. The Morgan fingerprint density at radius 2 is 1.90 bits per heavy atom. The smallest absolute Gasteiger partial charge is 0.346 e. The van der Waals surface area contributed by atoms with Crippen LogP contribution in [0.5, 0.6) is 0 Å². The number of nitrogens with zero attached hydrogens (tertiary/aromatic N) is 5. The highest BCUT2D eigenvalue weighted by Crippen LogP contribution is 2.33. The summed E-state index contributed by atoms with van der Waals surface area (Å²) in [6.07, 6.45) is 2.80. The lowest BCUT2D eigenvalue weighted by molar-refractivity contribution is -0.137. The Labute approximate surface area is 227 Å². The van der Waals surface area contributed by atoms with E-state index in [4.69, 9.17) is 0 Å². The molecule has 11 heteroatoms. The fraction of sp³-hybridized carbons (Fsp3) is 0.241. The third-order valence-corrected chi connectivity index (χ3v) is 7.09. The third kappa shape index (κ3) is 5.32. The zero-order valence-corrected chi connectivity index (χ0v) is 21.7. The number of aryl methyl sites for hydroxylation is 1. The van der Waals surface area contributed by atoms with Gasteiger partial charge in [0.05, 0.1) is 17.4 Å². The number of hydrogen-bond acceptors (Lipinski definition) is 5. The van der Waals surface area contributed by atoms with Crippen LogP contribution in [0.15, 0.2) is 67.1 Å². The summed E-state index contributed by atoms with van der Waals surface area (Å²) in [5.41, 5.74) is 3.76. The van der Waals surface area contributed by atoms with Crippen molar-refractivity contribution in [3.05, 3.63) is 89.4 Å². The average molecular weight is 546 g/mol. The number of likely N-dealkylation sites (tertiary alicyclic amines) is 1. The molecule has 1 aliphatic heterocycles. The van der Waals surface area contributed by atoms with Gasteiger partial charge in [0.2, 0.25) is 0 Å². The van der Waals surface area contributed by atoms with Crippen LogP contribution >= 0.6 is 0 Å². The van der Waals surface area contributed by atoms with Gasteiger partial charge in [-0.15, -0.1) is 5.10 Å². The average Bonchev–Trinajstić information content (AvgIpc) is 3.70. The molecule has 8 nitrogen and oxygen atoms in total. The summed E-state index contributed by atoms with van der Waals surface area (Å²) in [6, 6.07) is 12.7. The number of carbonyl (C=O) groups is 1. The maximum atomic E-state index is 13.6. The minimum atomic E-state index is -4.52. The molecule has 3 aromatic heterocycles. The number of carbonyl (C=O) groups excluding carboxylic acids is 1. The number of aromatic amines is 1. The highest BCUT2D eigenvalue weighted by molar-refractivity contribution is 6.04. The van der Waals surface area contributed by atoms with E-state index in [1.54, 1.807) is 41.3 Å². The van der Waals surface area contributed by atoms with Gasteiger partial charge in [0.25, 0.3) is 5.91 Å². The molecule has 0 spiro atoms. The number of aromatic nitrogens is 5. The molecule has 1 fully saturated rings. The van der Waals surface area contributed by atoms with Crippen molar-refractivity contribution in [1.29, 1.82) is 0 Å². The van der Waals surface area contributed by atoms with Crippen LogP contribution in [0, 0.1) is 6.92 Å². The Morgan fingerprint density at radius 3 is 2.70 bits per heavy atom. The van der Waals surface area contributed by atoms with Crippen molar-refractivity contribution in [2.45, 2.75) is 32.5 Å². The van der Waals surface area contributed by atoms with Crippen LogP contribution in [0.3, 0.4) is 0 Å². The molecule has 1 saturated heterocycles. The van der Waals surface area contributed by atoms with Gasteiger partial charge in [0, 0.05) is 41.1 Å². The number of amides is 1. The van der Waals surface area contributed by atoms with Crippen molar-refractivity contribution in [3.63, 3.8) is 0 Å². The predicted octanol–water partition coefficient (Wildman–Crippen LogP) is 5.99. The summed E-state index contributed by atoms with van der Waals surface area (Å²) >= 11 is 0. The Hall–Kier alpha value is -4.51.